The van der Waals surface area contributed by atoms with Crippen molar-refractivity contribution >= 4 is 27.5 Å². The third kappa shape index (κ3) is 4.28. The largest absolute Gasteiger partial charge is 0.376 e. The molecule has 0 aromatic carbocycles. The number of nitrogens with one attached hydrogen (secondary N) is 1. The summed E-state index contributed by atoms with van der Waals surface area (Å²) >= 11 is 1.30. The molecule has 0 spiro atoms. The van der Waals surface area contributed by atoms with Crippen LogP contribution in [0.5, 0.6) is 0 Å². The first-order valence-electron chi connectivity index (χ1n) is 8.05. The predicted molar refractivity (Wildman–Crippen MR) is 89.7 cm³/mol. The number of rotatable bonds is 6. The van der Waals surface area contributed by atoms with Crippen molar-refractivity contribution in [3.05, 3.63) is 5.82 Å². The van der Waals surface area contributed by atoms with Crippen molar-refractivity contribution in [2.75, 3.05) is 30.4 Å². The minimum atomic E-state index is -2.96. The van der Waals surface area contributed by atoms with Crippen LogP contribution in [0.2, 0.25) is 0 Å². The van der Waals surface area contributed by atoms with Gasteiger partial charge in [0.1, 0.15) is 5.82 Å². The fourth-order valence-corrected chi connectivity index (χ4v) is 5.51. The molecule has 1 aromatic heterocycles. The van der Waals surface area contributed by atoms with Gasteiger partial charge in [-0.15, -0.1) is 10.2 Å². The molecule has 0 radical (unpaired) electrons. The van der Waals surface area contributed by atoms with Gasteiger partial charge in [-0.3, -0.25) is 4.79 Å². The van der Waals surface area contributed by atoms with Crippen molar-refractivity contribution in [1.82, 2.24) is 20.1 Å². The van der Waals surface area contributed by atoms with E-state index < -0.39 is 9.84 Å². The van der Waals surface area contributed by atoms with Crippen molar-refractivity contribution in [2.45, 2.75) is 36.4 Å². The molecule has 0 bridgehead atoms. The SMILES string of the molecule is Cn1c(SCC(=O)NC[C@H]2CCCO2)nnc1[C@@H]1CCS(=O)(=O)C1. The highest BCUT2D eigenvalue weighted by molar-refractivity contribution is 7.99. The Morgan fingerprint density at radius 1 is 1.42 bits per heavy atom. The van der Waals surface area contributed by atoms with Gasteiger partial charge in [0, 0.05) is 26.1 Å². The van der Waals surface area contributed by atoms with Crippen LogP contribution in [0.1, 0.15) is 31.0 Å². The summed E-state index contributed by atoms with van der Waals surface area (Å²) in [6.07, 6.45) is 2.75. The first-order chi connectivity index (χ1) is 11.4. The van der Waals surface area contributed by atoms with Crippen LogP contribution in [0.3, 0.4) is 0 Å². The van der Waals surface area contributed by atoms with Crippen LogP contribution < -0.4 is 5.32 Å². The normalized spacial score (nSPS) is 25.9. The minimum Gasteiger partial charge on any atom is -0.376 e. The van der Waals surface area contributed by atoms with E-state index in [0.717, 1.165) is 19.4 Å². The maximum absolute atomic E-state index is 11.9. The quantitative estimate of drug-likeness (QED) is 0.705. The molecule has 1 amide bonds. The Bertz CT molecular complexity index is 698. The molecular formula is C14H22N4O4S2. The van der Waals surface area contributed by atoms with Crippen molar-refractivity contribution in [2.24, 2.45) is 7.05 Å². The van der Waals surface area contributed by atoms with E-state index in [-0.39, 0.29) is 35.2 Å². The summed E-state index contributed by atoms with van der Waals surface area (Å²) < 4.78 is 30.5. The van der Waals surface area contributed by atoms with Crippen LogP contribution in [0, 0.1) is 0 Å². The zero-order valence-corrected chi connectivity index (χ0v) is 15.2. The molecule has 1 aromatic rings. The van der Waals surface area contributed by atoms with Crippen LogP contribution in [0.15, 0.2) is 5.16 Å². The van der Waals surface area contributed by atoms with Crippen molar-refractivity contribution in [1.29, 1.82) is 0 Å². The number of carbonyl (C=O) groups excluding carboxylic acids is 1. The first-order valence-corrected chi connectivity index (χ1v) is 10.9. The van der Waals surface area contributed by atoms with E-state index in [9.17, 15) is 13.2 Å². The topological polar surface area (TPSA) is 103 Å². The Morgan fingerprint density at radius 2 is 2.25 bits per heavy atom. The Labute approximate surface area is 145 Å². The molecule has 10 heteroatoms. The number of aromatic nitrogens is 3. The predicted octanol–water partition coefficient (Wildman–Crippen LogP) is 0.105. The Kier molecular flexibility index (Phi) is 5.46. The molecule has 0 unspecified atom stereocenters. The first kappa shape index (κ1) is 17.7. The summed E-state index contributed by atoms with van der Waals surface area (Å²) in [5.41, 5.74) is 0. The fraction of sp³-hybridized carbons (Fsp3) is 0.786. The number of ether oxygens (including phenoxy) is 1. The zero-order chi connectivity index (χ0) is 17.2. The van der Waals surface area contributed by atoms with Gasteiger partial charge in [-0.25, -0.2) is 8.42 Å². The Balaban J connectivity index is 1.50. The number of sulfone groups is 1. The standard InChI is InChI=1S/C14H22N4O4S2/c1-18-13(10-4-6-24(20,21)9-10)16-17-14(18)23-8-12(19)15-7-11-3-2-5-22-11/h10-11H,2-9H2,1H3,(H,15,19)/t10-,11-/m1/s1. The maximum atomic E-state index is 11.9. The molecule has 1 N–H and O–H groups in total. The second kappa shape index (κ2) is 7.40. The molecule has 2 aliphatic heterocycles. The number of amides is 1. The third-order valence-corrected chi connectivity index (χ3v) is 7.14. The van der Waals surface area contributed by atoms with Crippen LogP contribution >= 0.6 is 11.8 Å². The van der Waals surface area contributed by atoms with Gasteiger partial charge in [0.25, 0.3) is 0 Å². The number of hydrogen-bond donors (Lipinski definition) is 1. The average Bonchev–Trinajstić information content (AvgIpc) is 3.24. The number of thioether (sulfide) groups is 1. The lowest BCUT2D eigenvalue weighted by molar-refractivity contribution is -0.119. The second-order valence-corrected chi connectivity index (χ2v) is 9.40. The van der Waals surface area contributed by atoms with E-state index in [1.54, 1.807) is 4.57 Å². The molecule has 2 aliphatic rings. The Morgan fingerprint density at radius 3 is 2.92 bits per heavy atom. The summed E-state index contributed by atoms with van der Waals surface area (Å²) in [6, 6.07) is 0. The third-order valence-electron chi connectivity index (χ3n) is 4.35. The molecule has 0 aliphatic carbocycles. The Hall–Kier alpha value is -1.13. The average molecular weight is 374 g/mol. The van der Waals surface area contributed by atoms with Gasteiger partial charge in [-0.05, 0) is 19.3 Å². The molecule has 24 heavy (non-hydrogen) atoms. The summed E-state index contributed by atoms with van der Waals surface area (Å²) in [5.74, 6) is 1.10. The van der Waals surface area contributed by atoms with E-state index >= 15 is 0 Å². The fourth-order valence-electron chi connectivity index (χ4n) is 3.02. The lowest BCUT2D eigenvalue weighted by Gasteiger charge is -2.10. The van der Waals surface area contributed by atoms with E-state index in [4.69, 9.17) is 4.74 Å². The molecular weight excluding hydrogens is 352 g/mol. The highest BCUT2D eigenvalue weighted by atomic mass is 32.2. The molecule has 2 fully saturated rings. The zero-order valence-electron chi connectivity index (χ0n) is 13.6. The molecule has 2 atom stereocenters. The molecule has 2 saturated heterocycles. The summed E-state index contributed by atoms with van der Waals surface area (Å²) in [5, 5.41) is 11.7. The number of nitrogens with zero attached hydrogens (tertiary/aromatic N) is 3. The highest BCUT2D eigenvalue weighted by Gasteiger charge is 2.32. The summed E-state index contributed by atoms with van der Waals surface area (Å²) in [6.45, 7) is 1.32. The van der Waals surface area contributed by atoms with Gasteiger partial charge in [-0.2, -0.15) is 0 Å². The monoisotopic (exact) mass is 374 g/mol. The number of carbonyl (C=O) groups is 1. The lowest BCUT2D eigenvalue weighted by atomic mass is 10.1. The van der Waals surface area contributed by atoms with E-state index in [2.05, 4.69) is 15.5 Å². The van der Waals surface area contributed by atoms with Crippen LogP contribution in [0.25, 0.3) is 0 Å². The van der Waals surface area contributed by atoms with Gasteiger partial charge in [0.05, 0.1) is 23.4 Å². The van der Waals surface area contributed by atoms with Gasteiger partial charge >= 0.3 is 0 Å². The summed E-state index contributed by atoms with van der Waals surface area (Å²) in [7, 11) is -1.14. The van der Waals surface area contributed by atoms with Gasteiger partial charge in [0.15, 0.2) is 15.0 Å². The van der Waals surface area contributed by atoms with Gasteiger partial charge in [-0.1, -0.05) is 11.8 Å². The smallest absolute Gasteiger partial charge is 0.230 e. The molecule has 0 saturated carbocycles. The molecule has 3 rings (SSSR count). The van der Waals surface area contributed by atoms with E-state index in [1.807, 2.05) is 7.05 Å². The highest BCUT2D eigenvalue weighted by Crippen LogP contribution is 2.29. The van der Waals surface area contributed by atoms with Crippen molar-refractivity contribution in [3.63, 3.8) is 0 Å². The molecule has 3 heterocycles. The molecule has 8 nitrogen and oxygen atoms in total. The minimum absolute atomic E-state index is 0.0662. The molecule has 134 valence electrons. The van der Waals surface area contributed by atoms with Crippen molar-refractivity contribution in [3.8, 4) is 0 Å². The lowest BCUT2D eigenvalue weighted by Crippen LogP contribution is -2.32. The van der Waals surface area contributed by atoms with Crippen LogP contribution in [-0.2, 0) is 26.4 Å². The van der Waals surface area contributed by atoms with E-state index in [0.29, 0.717) is 23.9 Å². The number of hydrogen-bond acceptors (Lipinski definition) is 7. The van der Waals surface area contributed by atoms with Gasteiger partial charge in [0.2, 0.25) is 5.91 Å². The van der Waals surface area contributed by atoms with E-state index in [1.165, 1.54) is 11.8 Å². The maximum Gasteiger partial charge on any atom is 0.230 e. The van der Waals surface area contributed by atoms with Crippen LogP contribution in [-0.4, -0.2) is 65.6 Å². The van der Waals surface area contributed by atoms with Crippen LogP contribution in [0.4, 0.5) is 0 Å². The van der Waals surface area contributed by atoms with Gasteiger partial charge < -0.3 is 14.6 Å². The van der Waals surface area contributed by atoms with Crippen molar-refractivity contribution < 1.29 is 17.9 Å². The second-order valence-electron chi connectivity index (χ2n) is 6.23. The summed E-state index contributed by atoms with van der Waals surface area (Å²) in [4.78, 5) is 11.9.